The molecule has 1 aliphatic carbocycles. The van der Waals surface area contributed by atoms with Gasteiger partial charge in [-0.2, -0.15) is 0 Å². The van der Waals surface area contributed by atoms with Gasteiger partial charge in [-0.3, -0.25) is 9.97 Å². The molecule has 1 aliphatic rings. The maximum absolute atomic E-state index is 4.48. The van der Waals surface area contributed by atoms with Crippen molar-refractivity contribution in [1.82, 2.24) is 15.3 Å². The maximum Gasteiger partial charge on any atom is 0.0724 e. The first kappa shape index (κ1) is 16.1. The molecule has 1 saturated carbocycles. The first-order valence-electron chi connectivity index (χ1n) is 8.86. The van der Waals surface area contributed by atoms with Gasteiger partial charge in [-0.15, -0.1) is 0 Å². The average Bonchev–Trinajstić information content (AvgIpc) is 2.61. The van der Waals surface area contributed by atoms with Crippen LogP contribution in [0.15, 0.2) is 42.7 Å². The van der Waals surface area contributed by atoms with Crippen molar-refractivity contribution >= 4 is 0 Å². The van der Waals surface area contributed by atoms with Gasteiger partial charge in [0.15, 0.2) is 0 Å². The zero-order valence-corrected chi connectivity index (χ0v) is 14.0. The topological polar surface area (TPSA) is 37.8 Å². The molecule has 1 aromatic heterocycles. The minimum atomic E-state index is 0.529. The second kappa shape index (κ2) is 8.21. The lowest BCUT2D eigenvalue weighted by atomic mass is 9.81. The second-order valence-corrected chi connectivity index (χ2v) is 6.72. The number of aryl methyl sites for hydroxylation is 1. The van der Waals surface area contributed by atoms with Gasteiger partial charge in [0.1, 0.15) is 0 Å². The highest BCUT2D eigenvalue weighted by molar-refractivity contribution is 5.16. The highest BCUT2D eigenvalue weighted by Crippen LogP contribution is 2.28. The first-order chi connectivity index (χ1) is 11.3. The van der Waals surface area contributed by atoms with Crippen LogP contribution in [0, 0.1) is 12.8 Å². The molecule has 3 nitrogen and oxygen atoms in total. The number of hydrogen-bond donors (Lipinski definition) is 1. The number of rotatable bonds is 6. The summed E-state index contributed by atoms with van der Waals surface area (Å²) in [6.45, 7) is 2.78. The van der Waals surface area contributed by atoms with Crippen molar-refractivity contribution in [1.29, 1.82) is 0 Å². The molecule has 1 fully saturated rings. The molecule has 1 heterocycles. The fraction of sp³-hybridized carbons (Fsp3) is 0.500. The summed E-state index contributed by atoms with van der Waals surface area (Å²) in [6, 6.07) is 11.4. The van der Waals surface area contributed by atoms with Gasteiger partial charge in [-0.05, 0) is 37.7 Å². The molecule has 1 N–H and O–H groups in total. The minimum Gasteiger partial charge on any atom is -0.308 e. The van der Waals surface area contributed by atoms with Gasteiger partial charge in [-0.25, -0.2) is 0 Å². The summed E-state index contributed by atoms with van der Waals surface area (Å²) in [5.74, 6) is 0.780. The highest BCUT2D eigenvalue weighted by atomic mass is 14.9. The third kappa shape index (κ3) is 4.87. The Kier molecular flexibility index (Phi) is 5.76. The largest absolute Gasteiger partial charge is 0.308 e. The molecule has 2 aromatic rings. The van der Waals surface area contributed by atoms with Crippen LogP contribution in [0.25, 0.3) is 0 Å². The summed E-state index contributed by atoms with van der Waals surface area (Å²) in [7, 11) is 0. The third-order valence-electron chi connectivity index (χ3n) is 4.90. The van der Waals surface area contributed by atoms with Gasteiger partial charge in [0.25, 0.3) is 0 Å². The van der Waals surface area contributed by atoms with E-state index in [9.17, 15) is 0 Å². The Balaban J connectivity index is 1.65. The number of nitrogens with zero attached hydrogens (tertiary/aromatic N) is 2. The summed E-state index contributed by atoms with van der Waals surface area (Å²) in [5.41, 5.74) is 3.43. The fourth-order valence-electron chi connectivity index (χ4n) is 3.56. The monoisotopic (exact) mass is 309 g/mol. The zero-order valence-electron chi connectivity index (χ0n) is 14.0. The standard InChI is InChI=1S/C20H27N3/c1-16-13-22-19(14-21-16)15-23-20(18-10-6-3-7-11-18)12-17-8-4-2-5-9-17/h2,4-5,8-9,13-14,18,20,23H,3,6-7,10-12,15H2,1H3. The van der Waals surface area contributed by atoms with Gasteiger partial charge in [0.2, 0.25) is 0 Å². The predicted octanol–water partition coefficient (Wildman–Crippen LogP) is 4.07. The van der Waals surface area contributed by atoms with Crippen molar-refractivity contribution in [2.75, 3.05) is 0 Å². The molecule has 3 rings (SSSR count). The molecule has 0 radical (unpaired) electrons. The Labute approximate surface area is 139 Å². The molecule has 23 heavy (non-hydrogen) atoms. The van der Waals surface area contributed by atoms with Crippen LogP contribution in [0.5, 0.6) is 0 Å². The Bertz CT molecular complexity index is 574. The molecule has 3 heteroatoms. The Morgan fingerprint density at radius 2 is 1.83 bits per heavy atom. The lowest BCUT2D eigenvalue weighted by Gasteiger charge is -2.31. The molecule has 0 aliphatic heterocycles. The van der Waals surface area contributed by atoms with Gasteiger partial charge in [-0.1, -0.05) is 49.6 Å². The van der Waals surface area contributed by atoms with E-state index in [2.05, 4.69) is 45.6 Å². The van der Waals surface area contributed by atoms with Crippen molar-refractivity contribution in [2.45, 2.75) is 58.0 Å². The molecule has 1 unspecified atom stereocenters. The lowest BCUT2D eigenvalue weighted by molar-refractivity contribution is 0.265. The summed E-state index contributed by atoms with van der Waals surface area (Å²) in [6.07, 6.45) is 11.7. The van der Waals surface area contributed by atoms with Crippen LogP contribution in [-0.2, 0) is 13.0 Å². The second-order valence-electron chi connectivity index (χ2n) is 6.72. The normalized spacial score (nSPS) is 17.1. The molecule has 0 saturated heterocycles. The Morgan fingerprint density at radius 1 is 1.04 bits per heavy atom. The zero-order chi connectivity index (χ0) is 15.9. The van der Waals surface area contributed by atoms with Gasteiger partial charge in [0.05, 0.1) is 11.4 Å². The summed E-state index contributed by atoms with van der Waals surface area (Å²) >= 11 is 0. The van der Waals surface area contributed by atoms with Crippen LogP contribution in [0.2, 0.25) is 0 Å². The van der Waals surface area contributed by atoms with Crippen LogP contribution in [0.4, 0.5) is 0 Å². The van der Waals surface area contributed by atoms with Crippen LogP contribution < -0.4 is 5.32 Å². The number of aromatic nitrogens is 2. The van der Waals surface area contributed by atoms with E-state index in [0.29, 0.717) is 6.04 Å². The number of nitrogens with one attached hydrogen (secondary N) is 1. The molecule has 1 atom stereocenters. The molecule has 0 amide bonds. The van der Waals surface area contributed by atoms with Crippen molar-refractivity contribution in [3.63, 3.8) is 0 Å². The smallest absolute Gasteiger partial charge is 0.0724 e. The van der Waals surface area contributed by atoms with Crippen molar-refractivity contribution in [3.05, 3.63) is 59.7 Å². The lowest BCUT2D eigenvalue weighted by Crippen LogP contribution is -2.38. The summed E-state index contributed by atoms with van der Waals surface area (Å²) in [4.78, 5) is 8.83. The van der Waals surface area contributed by atoms with Crippen LogP contribution in [0.1, 0.15) is 49.1 Å². The Hall–Kier alpha value is -1.74. The first-order valence-corrected chi connectivity index (χ1v) is 8.86. The van der Waals surface area contributed by atoms with E-state index >= 15 is 0 Å². The summed E-state index contributed by atoms with van der Waals surface area (Å²) in [5, 5.41) is 3.77. The van der Waals surface area contributed by atoms with Crippen LogP contribution >= 0.6 is 0 Å². The molecular formula is C20H27N3. The van der Waals surface area contributed by atoms with Crippen molar-refractivity contribution in [3.8, 4) is 0 Å². The number of hydrogen-bond acceptors (Lipinski definition) is 3. The fourth-order valence-corrected chi connectivity index (χ4v) is 3.56. The van der Waals surface area contributed by atoms with E-state index in [1.54, 1.807) is 0 Å². The molecule has 1 aromatic carbocycles. The third-order valence-corrected chi connectivity index (χ3v) is 4.90. The van der Waals surface area contributed by atoms with E-state index in [4.69, 9.17) is 0 Å². The van der Waals surface area contributed by atoms with E-state index in [-0.39, 0.29) is 0 Å². The molecular weight excluding hydrogens is 282 g/mol. The molecule has 122 valence electrons. The van der Waals surface area contributed by atoms with Gasteiger partial charge < -0.3 is 5.32 Å². The van der Waals surface area contributed by atoms with E-state index in [1.165, 1.54) is 37.7 Å². The maximum atomic E-state index is 4.48. The van der Waals surface area contributed by atoms with Gasteiger partial charge in [0, 0.05) is 25.0 Å². The summed E-state index contributed by atoms with van der Waals surface area (Å²) < 4.78 is 0. The quantitative estimate of drug-likeness (QED) is 0.874. The SMILES string of the molecule is Cc1cnc(CNC(Cc2ccccc2)C2CCCCC2)cn1. The highest BCUT2D eigenvalue weighted by Gasteiger charge is 2.23. The van der Waals surface area contributed by atoms with E-state index < -0.39 is 0 Å². The van der Waals surface area contributed by atoms with E-state index in [1.807, 2.05) is 19.3 Å². The van der Waals surface area contributed by atoms with Crippen molar-refractivity contribution < 1.29 is 0 Å². The average molecular weight is 309 g/mol. The van der Waals surface area contributed by atoms with Crippen molar-refractivity contribution in [2.24, 2.45) is 5.92 Å². The number of benzene rings is 1. The van der Waals surface area contributed by atoms with E-state index in [0.717, 1.165) is 30.3 Å². The Morgan fingerprint density at radius 3 is 2.52 bits per heavy atom. The predicted molar refractivity (Wildman–Crippen MR) is 94.1 cm³/mol. The van der Waals surface area contributed by atoms with Crippen LogP contribution in [-0.4, -0.2) is 16.0 Å². The molecule has 0 spiro atoms. The minimum absolute atomic E-state index is 0.529. The van der Waals surface area contributed by atoms with Crippen LogP contribution in [0.3, 0.4) is 0 Å². The molecule has 0 bridgehead atoms. The van der Waals surface area contributed by atoms with Gasteiger partial charge >= 0.3 is 0 Å².